The number of phenolic OH excluding ortho intramolecular Hbond substituents is 1. The van der Waals surface area contributed by atoms with Crippen molar-refractivity contribution in [2.24, 2.45) is 4.99 Å². The molecule has 1 saturated heterocycles. The van der Waals surface area contributed by atoms with Crippen LogP contribution in [0.3, 0.4) is 0 Å². The van der Waals surface area contributed by atoms with Gasteiger partial charge >= 0.3 is 0 Å². The van der Waals surface area contributed by atoms with Gasteiger partial charge < -0.3 is 14.8 Å². The third-order valence-corrected chi connectivity index (χ3v) is 4.88. The molecule has 2 N–H and O–H groups in total. The summed E-state index contributed by atoms with van der Waals surface area (Å²) >= 11 is 1.16. The fourth-order valence-electron chi connectivity index (χ4n) is 2.61. The van der Waals surface area contributed by atoms with Gasteiger partial charge in [-0.3, -0.25) is 14.9 Å². The number of hydrogen-bond acceptors (Lipinski definition) is 7. The van der Waals surface area contributed by atoms with Crippen LogP contribution in [0.4, 0.5) is 11.4 Å². The summed E-state index contributed by atoms with van der Waals surface area (Å²) in [4.78, 5) is 27.4. The first-order valence-electron chi connectivity index (χ1n) is 8.41. The van der Waals surface area contributed by atoms with Crippen LogP contribution in [0.5, 0.6) is 5.75 Å². The van der Waals surface area contributed by atoms with E-state index in [9.17, 15) is 20.0 Å². The van der Waals surface area contributed by atoms with Crippen molar-refractivity contribution in [1.29, 1.82) is 0 Å². The van der Waals surface area contributed by atoms with Gasteiger partial charge in [0.15, 0.2) is 5.17 Å². The van der Waals surface area contributed by atoms with Crippen molar-refractivity contribution < 1.29 is 19.2 Å². The van der Waals surface area contributed by atoms with Gasteiger partial charge in [0.2, 0.25) is 0 Å². The molecule has 0 aliphatic carbocycles. The highest BCUT2D eigenvalue weighted by Gasteiger charge is 2.24. The number of nitrogens with one attached hydrogen (secondary N) is 1. The fraction of sp³-hybridized carbons (Fsp3) is 0. The van der Waals surface area contributed by atoms with E-state index in [1.54, 1.807) is 42.5 Å². The lowest BCUT2D eigenvalue weighted by atomic mass is 10.1. The zero-order chi connectivity index (χ0) is 20.4. The maximum Gasteiger partial charge on any atom is 0.270 e. The highest BCUT2D eigenvalue weighted by Crippen LogP contribution is 2.31. The quantitative estimate of drug-likeness (QED) is 0.375. The molecular weight excluding hydrogens is 394 g/mol. The number of rotatable bonds is 4. The first-order valence-corrected chi connectivity index (χ1v) is 9.23. The van der Waals surface area contributed by atoms with E-state index in [0.717, 1.165) is 11.8 Å². The Bertz CT molecular complexity index is 1160. The van der Waals surface area contributed by atoms with E-state index in [0.29, 0.717) is 32.8 Å². The summed E-state index contributed by atoms with van der Waals surface area (Å²) in [5, 5.41) is 23.3. The number of benzene rings is 2. The number of thioether (sulfide) groups is 1. The lowest BCUT2D eigenvalue weighted by Gasteiger charge is -1.97. The van der Waals surface area contributed by atoms with E-state index in [4.69, 9.17) is 4.42 Å². The second-order valence-electron chi connectivity index (χ2n) is 6.01. The molecule has 0 saturated carbocycles. The molecule has 4 rings (SSSR count). The predicted molar refractivity (Wildman–Crippen MR) is 110 cm³/mol. The molecule has 0 radical (unpaired) electrons. The number of non-ortho nitro benzene ring substituents is 1. The fourth-order valence-corrected chi connectivity index (χ4v) is 3.43. The lowest BCUT2D eigenvalue weighted by molar-refractivity contribution is -0.384. The van der Waals surface area contributed by atoms with Crippen LogP contribution in [-0.2, 0) is 4.79 Å². The number of amides is 1. The van der Waals surface area contributed by atoms with Gasteiger partial charge in [0.1, 0.15) is 17.3 Å². The number of phenols is 1. The van der Waals surface area contributed by atoms with E-state index in [2.05, 4.69) is 10.3 Å². The SMILES string of the molecule is O=C1NC(=Nc2ccc(O)cc2)S/C1=C/c1ccc(-c2cccc([N+](=O)[O-])c2)o1. The van der Waals surface area contributed by atoms with Crippen molar-refractivity contribution in [2.45, 2.75) is 0 Å². The Kier molecular flexibility index (Phi) is 4.88. The van der Waals surface area contributed by atoms with E-state index in [1.165, 1.54) is 24.3 Å². The third kappa shape index (κ3) is 4.19. The average molecular weight is 407 g/mol. The highest BCUT2D eigenvalue weighted by molar-refractivity contribution is 8.18. The van der Waals surface area contributed by atoms with Gasteiger partial charge in [-0.25, -0.2) is 4.99 Å². The maximum atomic E-state index is 12.2. The molecule has 1 aromatic heterocycles. The number of furan rings is 1. The van der Waals surface area contributed by atoms with Crippen LogP contribution in [-0.4, -0.2) is 21.1 Å². The Hall–Kier alpha value is -3.85. The first-order chi connectivity index (χ1) is 14.0. The highest BCUT2D eigenvalue weighted by atomic mass is 32.2. The van der Waals surface area contributed by atoms with Crippen molar-refractivity contribution >= 4 is 40.3 Å². The minimum atomic E-state index is -0.468. The maximum absolute atomic E-state index is 12.2. The number of carbonyl (C=O) groups is 1. The van der Waals surface area contributed by atoms with Crippen LogP contribution in [0.15, 0.2) is 75.0 Å². The molecule has 0 unspecified atom stereocenters. The molecule has 2 aromatic carbocycles. The second-order valence-corrected chi connectivity index (χ2v) is 7.04. The molecule has 1 fully saturated rings. The molecule has 0 atom stereocenters. The normalized spacial score (nSPS) is 16.3. The third-order valence-electron chi connectivity index (χ3n) is 3.97. The zero-order valence-electron chi connectivity index (χ0n) is 14.7. The Morgan fingerprint density at radius 1 is 1.14 bits per heavy atom. The predicted octanol–water partition coefficient (Wildman–Crippen LogP) is 4.45. The summed E-state index contributed by atoms with van der Waals surface area (Å²) in [6.45, 7) is 0. The lowest BCUT2D eigenvalue weighted by Crippen LogP contribution is -2.19. The number of aromatic hydroxyl groups is 1. The summed E-state index contributed by atoms with van der Waals surface area (Å²) in [6, 6.07) is 15.8. The molecule has 1 amide bonds. The molecule has 29 heavy (non-hydrogen) atoms. The number of aliphatic imine (C=N–C) groups is 1. The average Bonchev–Trinajstić information content (AvgIpc) is 3.31. The number of amidine groups is 1. The molecule has 3 aromatic rings. The van der Waals surface area contributed by atoms with Gasteiger partial charge in [-0.1, -0.05) is 12.1 Å². The summed E-state index contributed by atoms with van der Waals surface area (Å²) < 4.78 is 5.72. The summed E-state index contributed by atoms with van der Waals surface area (Å²) in [5.74, 6) is 0.729. The van der Waals surface area contributed by atoms with E-state index < -0.39 is 4.92 Å². The van der Waals surface area contributed by atoms with Crippen molar-refractivity contribution in [3.8, 4) is 17.1 Å². The molecule has 0 spiro atoms. The molecule has 1 aliphatic heterocycles. The minimum Gasteiger partial charge on any atom is -0.508 e. The second kappa shape index (κ2) is 7.64. The van der Waals surface area contributed by atoms with Crippen LogP contribution >= 0.6 is 11.8 Å². The molecular formula is C20H13N3O5S. The summed E-state index contributed by atoms with van der Waals surface area (Å²) in [7, 11) is 0. The van der Waals surface area contributed by atoms with E-state index in [-0.39, 0.29) is 17.3 Å². The van der Waals surface area contributed by atoms with Crippen LogP contribution in [0.25, 0.3) is 17.4 Å². The van der Waals surface area contributed by atoms with Crippen LogP contribution < -0.4 is 5.32 Å². The number of nitrogens with zero attached hydrogens (tertiary/aromatic N) is 2. The van der Waals surface area contributed by atoms with Crippen molar-refractivity contribution in [2.75, 3.05) is 0 Å². The Morgan fingerprint density at radius 2 is 1.93 bits per heavy atom. The Morgan fingerprint density at radius 3 is 2.69 bits per heavy atom. The van der Waals surface area contributed by atoms with Crippen molar-refractivity contribution in [1.82, 2.24) is 5.32 Å². The standard InChI is InChI=1S/C20H13N3O5S/c24-15-6-4-13(5-7-15)21-20-22-19(25)18(29-20)11-16-8-9-17(28-16)12-2-1-3-14(10-12)23(26)27/h1-11,24H,(H,21,22,25)/b18-11+. The van der Waals surface area contributed by atoms with Gasteiger partial charge in [-0.05, 0) is 48.2 Å². The van der Waals surface area contributed by atoms with Gasteiger partial charge in [0.25, 0.3) is 11.6 Å². The van der Waals surface area contributed by atoms with Crippen molar-refractivity contribution in [3.63, 3.8) is 0 Å². The van der Waals surface area contributed by atoms with Gasteiger partial charge in [0, 0.05) is 23.8 Å². The number of nitro benzene ring substituents is 1. The van der Waals surface area contributed by atoms with E-state index in [1.807, 2.05) is 0 Å². The smallest absolute Gasteiger partial charge is 0.270 e. The summed E-state index contributed by atoms with van der Waals surface area (Å²) in [6.07, 6.45) is 1.58. The molecule has 0 bridgehead atoms. The molecule has 2 heterocycles. The molecule has 9 heteroatoms. The van der Waals surface area contributed by atoms with Crippen LogP contribution in [0, 0.1) is 10.1 Å². The monoisotopic (exact) mass is 407 g/mol. The Balaban J connectivity index is 1.54. The minimum absolute atomic E-state index is 0.0281. The number of carbonyl (C=O) groups excluding carboxylic acids is 1. The van der Waals surface area contributed by atoms with E-state index >= 15 is 0 Å². The topological polar surface area (TPSA) is 118 Å². The largest absolute Gasteiger partial charge is 0.508 e. The number of hydrogen-bond donors (Lipinski definition) is 2. The number of nitro groups is 1. The van der Waals surface area contributed by atoms with Gasteiger partial charge in [-0.15, -0.1) is 0 Å². The summed E-state index contributed by atoms with van der Waals surface area (Å²) in [5.41, 5.74) is 1.14. The zero-order valence-corrected chi connectivity index (χ0v) is 15.6. The Labute approximate surface area is 168 Å². The molecule has 8 nitrogen and oxygen atoms in total. The van der Waals surface area contributed by atoms with Gasteiger partial charge in [-0.2, -0.15) is 0 Å². The van der Waals surface area contributed by atoms with Crippen molar-refractivity contribution in [3.05, 3.63) is 81.4 Å². The molecule has 144 valence electrons. The van der Waals surface area contributed by atoms with Crippen LogP contribution in [0.2, 0.25) is 0 Å². The molecule has 1 aliphatic rings. The first kappa shape index (κ1) is 18.5. The van der Waals surface area contributed by atoms with Crippen LogP contribution in [0.1, 0.15) is 5.76 Å². The van der Waals surface area contributed by atoms with Gasteiger partial charge in [0.05, 0.1) is 15.5 Å².